The molecule has 1 saturated carbocycles. The van der Waals surface area contributed by atoms with Crippen LogP contribution in [0.5, 0.6) is 0 Å². The van der Waals surface area contributed by atoms with E-state index in [-0.39, 0.29) is 17.9 Å². The van der Waals surface area contributed by atoms with Crippen molar-refractivity contribution in [3.05, 3.63) is 41.5 Å². The van der Waals surface area contributed by atoms with Gasteiger partial charge in [0.05, 0.1) is 0 Å². The minimum Gasteiger partial charge on any atom is -0.367 e. The van der Waals surface area contributed by atoms with Crippen molar-refractivity contribution in [3.63, 3.8) is 0 Å². The first-order valence-corrected chi connectivity index (χ1v) is 12.2. The van der Waals surface area contributed by atoms with Crippen molar-refractivity contribution in [2.75, 3.05) is 55.8 Å². The van der Waals surface area contributed by atoms with Crippen LogP contribution in [-0.4, -0.2) is 67.1 Å². The Balaban J connectivity index is 1.29. The number of carbonyl (C=O) groups excluding carboxylic acids is 1. The molecule has 2 fully saturated rings. The number of halogens is 1. The Hall–Kier alpha value is -2.94. The third-order valence-corrected chi connectivity index (χ3v) is 6.93. The number of likely N-dealkylation sites (N-methyl/N-ethyl adjacent to an activating group) is 1. The number of nitrogens with one attached hydrogen (secondary N) is 3. The smallest absolute Gasteiger partial charge is 0.226 e. The van der Waals surface area contributed by atoms with Gasteiger partial charge in [0.1, 0.15) is 18.3 Å². The number of anilines is 3. The van der Waals surface area contributed by atoms with Crippen molar-refractivity contribution >= 4 is 23.5 Å². The highest BCUT2D eigenvalue weighted by molar-refractivity contribution is 5.78. The van der Waals surface area contributed by atoms with Crippen molar-refractivity contribution in [1.29, 1.82) is 0 Å². The van der Waals surface area contributed by atoms with E-state index in [9.17, 15) is 9.18 Å². The SMILES string of the molecule is CNc1nc(NC2CCC(C(=O)NCc3ccccc3CF)CC2)cc(N2CCN(C)CC2)n1. The number of rotatable bonds is 8. The molecule has 0 spiro atoms. The molecule has 9 heteroatoms. The lowest BCUT2D eigenvalue weighted by Crippen LogP contribution is -2.45. The van der Waals surface area contributed by atoms with Crippen LogP contribution in [0.15, 0.2) is 30.3 Å². The zero-order valence-corrected chi connectivity index (χ0v) is 20.2. The summed E-state index contributed by atoms with van der Waals surface area (Å²) in [5.41, 5.74) is 1.48. The molecule has 1 aliphatic carbocycles. The summed E-state index contributed by atoms with van der Waals surface area (Å²) < 4.78 is 13.1. The number of alkyl halides is 1. The van der Waals surface area contributed by atoms with Gasteiger partial charge in [0, 0.05) is 57.8 Å². The molecule has 1 aromatic heterocycles. The highest BCUT2D eigenvalue weighted by atomic mass is 19.1. The second kappa shape index (κ2) is 11.5. The molecular weight excluding hydrogens is 433 g/mol. The fourth-order valence-corrected chi connectivity index (χ4v) is 4.71. The minimum atomic E-state index is -0.516. The number of hydrogen-bond acceptors (Lipinski definition) is 7. The normalized spacial score (nSPS) is 21.2. The van der Waals surface area contributed by atoms with Gasteiger partial charge in [-0.2, -0.15) is 9.97 Å². The Labute approximate surface area is 201 Å². The second-order valence-corrected chi connectivity index (χ2v) is 9.29. The summed E-state index contributed by atoms with van der Waals surface area (Å²) in [4.78, 5) is 26.6. The average Bonchev–Trinajstić information content (AvgIpc) is 2.88. The Morgan fingerprint density at radius 1 is 1.06 bits per heavy atom. The molecule has 0 atom stereocenters. The molecule has 0 bridgehead atoms. The van der Waals surface area contributed by atoms with Gasteiger partial charge in [0.25, 0.3) is 0 Å². The zero-order valence-electron chi connectivity index (χ0n) is 20.2. The van der Waals surface area contributed by atoms with E-state index >= 15 is 0 Å². The molecule has 1 aromatic carbocycles. The first-order chi connectivity index (χ1) is 16.6. The fourth-order valence-electron chi connectivity index (χ4n) is 4.71. The van der Waals surface area contributed by atoms with Gasteiger partial charge in [0.15, 0.2) is 0 Å². The number of piperazine rings is 1. The van der Waals surface area contributed by atoms with Crippen LogP contribution in [0, 0.1) is 5.92 Å². The molecule has 3 N–H and O–H groups in total. The summed E-state index contributed by atoms with van der Waals surface area (Å²) in [5.74, 6) is 2.43. The Kier molecular flexibility index (Phi) is 8.16. The van der Waals surface area contributed by atoms with E-state index in [0.29, 0.717) is 18.1 Å². The van der Waals surface area contributed by atoms with E-state index in [1.54, 1.807) is 6.07 Å². The van der Waals surface area contributed by atoms with Crippen LogP contribution in [0.1, 0.15) is 36.8 Å². The van der Waals surface area contributed by atoms with Gasteiger partial charge in [-0.3, -0.25) is 4.79 Å². The Bertz CT molecular complexity index is 956. The van der Waals surface area contributed by atoms with Crippen molar-refractivity contribution < 1.29 is 9.18 Å². The van der Waals surface area contributed by atoms with Crippen LogP contribution in [0.2, 0.25) is 0 Å². The number of nitrogens with zero attached hydrogens (tertiary/aromatic N) is 4. The molecule has 4 rings (SSSR count). The topological polar surface area (TPSA) is 85.4 Å². The third-order valence-electron chi connectivity index (χ3n) is 6.93. The third kappa shape index (κ3) is 6.14. The molecule has 1 saturated heterocycles. The highest BCUT2D eigenvalue weighted by Crippen LogP contribution is 2.28. The molecule has 0 radical (unpaired) electrons. The van der Waals surface area contributed by atoms with Gasteiger partial charge >= 0.3 is 0 Å². The summed E-state index contributed by atoms with van der Waals surface area (Å²) in [5, 5.41) is 9.66. The summed E-state index contributed by atoms with van der Waals surface area (Å²) in [6.45, 7) is 3.80. The molecule has 0 unspecified atom stereocenters. The zero-order chi connectivity index (χ0) is 23.9. The molecule has 8 nitrogen and oxygen atoms in total. The molecule has 2 heterocycles. The van der Waals surface area contributed by atoms with Gasteiger partial charge in [-0.15, -0.1) is 0 Å². The van der Waals surface area contributed by atoms with Crippen molar-refractivity contribution in [3.8, 4) is 0 Å². The molecule has 2 aromatic rings. The highest BCUT2D eigenvalue weighted by Gasteiger charge is 2.27. The second-order valence-electron chi connectivity index (χ2n) is 9.29. The van der Waals surface area contributed by atoms with E-state index in [0.717, 1.165) is 69.1 Å². The van der Waals surface area contributed by atoms with Crippen LogP contribution in [-0.2, 0) is 18.0 Å². The maximum Gasteiger partial charge on any atom is 0.226 e. The van der Waals surface area contributed by atoms with Crippen molar-refractivity contribution in [2.45, 2.75) is 44.9 Å². The van der Waals surface area contributed by atoms with Crippen LogP contribution < -0.4 is 20.9 Å². The van der Waals surface area contributed by atoms with Crippen molar-refractivity contribution in [2.24, 2.45) is 5.92 Å². The first kappa shape index (κ1) is 24.2. The van der Waals surface area contributed by atoms with Gasteiger partial charge < -0.3 is 25.8 Å². The molecule has 184 valence electrons. The molecule has 1 amide bonds. The number of benzene rings is 1. The maximum absolute atomic E-state index is 13.1. The average molecular weight is 470 g/mol. The Morgan fingerprint density at radius 3 is 2.44 bits per heavy atom. The predicted molar refractivity (Wildman–Crippen MR) is 134 cm³/mol. The largest absolute Gasteiger partial charge is 0.367 e. The number of hydrogen-bond donors (Lipinski definition) is 3. The molecular formula is C25H36FN7O. The molecule has 1 aliphatic heterocycles. The van der Waals surface area contributed by atoms with Gasteiger partial charge in [-0.25, -0.2) is 4.39 Å². The standard InChI is InChI=1S/C25H36FN7O/c1-27-25-30-22(15-23(31-25)33-13-11-32(2)12-14-33)29-21-9-7-18(8-10-21)24(34)28-17-20-6-4-3-5-19(20)16-26/h3-6,15,18,21H,7-14,16-17H2,1-2H3,(H,28,34)(H2,27,29,30,31). The lowest BCUT2D eigenvalue weighted by Gasteiger charge is -2.33. The number of aromatic nitrogens is 2. The minimum absolute atomic E-state index is 0.00485. The van der Waals surface area contributed by atoms with Crippen LogP contribution in [0.25, 0.3) is 0 Å². The van der Waals surface area contributed by atoms with Gasteiger partial charge in [-0.1, -0.05) is 24.3 Å². The summed E-state index contributed by atoms with van der Waals surface area (Å²) >= 11 is 0. The van der Waals surface area contributed by atoms with Crippen LogP contribution >= 0.6 is 0 Å². The molecule has 34 heavy (non-hydrogen) atoms. The van der Waals surface area contributed by atoms with Crippen LogP contribution in [0.4, 0.5) is 22.0 Å². The lowest BCUT2D eigenvalue weighted by molar-refractivity contribution is -0.126. The predicted octanol–water partition coefficient (Wildman–Crippen LogP) is 3.03. The monoisotopic (exact) mass is 469 g/mol. The fraction of sp³-hybridized carbons (Fsp3) is 0.560. The number of carbonyl (C=O) groups is 1. The Morgan fingerprint density at radius 2 is 1.76 bits per heavy atom. The van der Waals surface area contributed by atoms with E-state index in [1.807, 2.05) is 31.3 Å². The molecule has 2 aliphatic rings. The summed E-state index contributed by atoms with van der Waals surface area (Å²) in [6.07, 6.45) is 3.46. The first-order valence-electron chi connectivity index (χ1n) is 12.2. The summed E-state index contributed by atoms with van der Waals surface area (Å²) in [6, 6.07) is 9.64. The van der Waals surface area contributed by atoms with E-state index < -0.39 is 6.67 Å². The van der Waals surface area contributed by atoms with Crippen molar-refractivity contribution in [1.82, 2.24) is 20.2 Å². The van der Waals surface area contributed by atoms with E-state index in [2.05, 4.69) is 42.8 Å². The van der Waals surface area contributed by atoms with E-state index in [4.69, 9.17) is 0 Å². The van der Waals surface area contributed by atoms with Gasteiger partial charge in [-0.05, 0) is 43.9 Å². The van der Waals surface area contributed by atoms with E-state index in [1.165, 1.54) is 0 Å². The van der Waals surface area contributed by atoms with Gasteiger partial charge in [0.2, 0.25) is 11.9 Å². The lowest BCUT2D eigenvalue weighted by atomic mass is 9.85. The number of amides is 1. The quantitative estimate of drug-likeness (QED) is 0.548. The summed E-state index contributed by atoms with van der Waals surface area (Å²) in [7, 11) is 3.98. The maximum atomic E-state index is 13.1. The van der Waals surface area contributed by atoms with Crippen LogP contribution in [0.3, 0.4) is 0 Å².